The van der Waals surface area contributed by atoms with Gasteiger partial charge < -0.3 is 10.1 Å². The van der Waals surface area contributed by atoms with Crippen LogP contribution in [0.25, 0.3) is 0 Å². The third-order valence-corrected chi connectivity index (χ3v) is 5.22. The molecule has 32 heavy (non-hydrogen) atoms. The van der Waals surface area contributed by atoms with Crippen molar-refractivity contribution in [3.8, 4) is 0 Å². The van der Waals surface area contributed by atoms with Crippen molar-refractivity contribution in [3.63, 3.8) is 0 Å². The summed E-state index contributed by atoms with van der Waals surface area (Å²) >= 11 is 7.13. The van der Waals surface area contributed by atoms with Gasteiger partial charge in [-0.15, -0.1) is 0 Å². The molecule has 0 radical (unpaired) electrons. The number of halogens is 1. The average molecular weight is 476 g/mol. The smallest absolute Gasteiger partial charge is 0.390 e. The third kappa shape index (κ3) is 5.86. The number of benzene rings is 2. The zero-order chi connectivity index (χ0) is 23.3. The van der Waals surface area contributed by atoms with E-state index in [1.165, 1.54) is 41.0 Å². The Bertz CT molecular complexity index is 1210. The molecule has 0 aliphatic heterocycles. The fourth-order valence-electron chi connectivity index (χ4n) is 2.45. The molecule has 0 spiro atoms. The Kier molecular flexibility index (Phi) is 7.12. The number of nitro benzene ring substituents is 1. The zero-order valence-corrected chi connectivity index (χ0v) is 17.9. The van der Waals surface area contributed by atoms with Gasteiger partial charge in [-0.3, -0.25) is 14.9 Å². The number of hydrogen-bond donors (Lipinski definition) is 1. The molecule has 3 aromatic rings. The van der Waals surface area contributed by atoms with Crippen molar-refractivity contribution in [1.29, 1.82) is 0 Å². The molecule has 12 nitrogen and oxygen atoms in total. The molecule has 2 aromatic carbocycles. The lowest BCUT2D eigenvalue weighted by Crippen LogP contribution is -2.21. The third-order valence-electron chi connectivity index (χ3n) is 3.89. The van der Waals surface area contributed by atoms with Gasteiger partial charge >= 0.3 is 5.95 Å². The summed E-state index contributed by atoms with van der Waals surface area (Å²) in [5.41, 5.74) is 2.54. The molecule has 0 atom stereocenters. The Balaban J connectivity index is 1.79. The SMILES string of the molecule is C/C(Cn1cnc([N+](=O)[O-])n1)=N\NC(=O)c1cc([N+](=O)[O-])ccc1Sc1ccc(Cl)cc1. The van der Waals surface area contributed by atoms with Crippen LogP contribution in [0.2, 0.25) is 5.02 Å². The van der Waals surface area contributed by atoms with Gasteiger partial charge in [0.1, 0.15) is 0 Å². The van der Waals surface area contributed by atoms with Crippen LogP contribution in [-0.2, 0) is 6.54 Å². The van der Waals surface area contributed by atoms with Crippen molar-refractivity contribution in [1.82, 2.24) is 20.2 Å². The van der Waals surface area contributed by atoms with E-state index < -0.39 is 21.7 Å². The fourth-order valence-corrected chi connectivity index (χ4v) is 3.50. The van der Waals surface area contributed by atoms with Crippen LogP contribution in [0.5, 0.6) is 0 Å². The van der Waals surface area contributed by atoms with Gasteiger partial charge in [0.2, 0.25) is 6.33 Å². The van der Waals surface area contributed by atoms with Crippen LogP contribution >= 0.6 is 23.4 Å². The zero-order valence-electron chi connectivity index (χ0n) is 16.3. The molecule has 0 bridgehead atoms. The van der Waals surface area contributed by atoms with Crippen molar-refractivity contribution >= 4 is 46.6 Å². The van der Waals surface area contributed by atoms with E-state index in [-0.39, 0.29) is 17.8 Å². The molecule has 1 aromatic heterocycles. The van der Waals surface area contributed by atoms with Gasteiger partial charge in [-0.05, 0) is 42.2 Å². The van der Waals surface area contributed by atoms with Crippen molar-refractivity contribution in [2.24, 2.45) is 5.10 Å². The summed E-state index contributed by atoms with van der Waals surface area (Å²) in [5, 5.41) is 30.0. The second-order valence-electron chi connectivity index (χ2n) is 6.28. The molecule has 1 amide bonds. The number of nitrogens with zero attached hydrogens (tertiary/aromatic N) is 6. The van der Waals surface area contributed by atoms with Gasteiger partial charge in [0.25, 0.3) is 11.6 Å². The molecule has 0 aliphatic carbocycles. The highest BCUT2D eigenvalue weighted by Crippen LogP contribution is 2.33. The van der Waals surface area contributed by atoms with Gasteiger partial charge in [-0.1, -0.05) is 28.3 Å². The summed E-state index contributed by atoms with van der Waals surface area (Å²) < 4.78 is 1.19. The molecule has 14 heteroatoms. The number of hydrogen-bond acceptors (Lipinski definition) is 9. The van der Waals surface area contributed by atoms with Gasteiger partial charge in [-0.2, -0.15) is 9.78 Å². The number of nitrogens with one attached hydrogen (secondary N) is 1. The van der Waals surface area contributed by atoms with E-state index in [1.54, 1.807) is 31.2 Å². The lowest BCUT2D eigenvalue weighted by Gasteiger charge is -2.09. The van der Waals surface area contributed by atoms with Crippen LogP contribution in [0.4, 0.5) is 11.6 Å². The highest BCUT2D eigenvalue weighted by atomic mass is 35.5. The molecule has 1 N–H and O–H groups in total. The highest BCUT2D eigenvalue weighted by molar-refractivity contribution is 7.99. The predicted molar refractivity (Wildman–Crippen MR) is 116 cm³/mol. The Morgan fingerprint density at radius 2 is 1.91 bits per heavy atom. The lowest BCUT2D eigenvalue weighted by atomic mass is 10.2. The molecule has 0 aliphatic rings. The number of amides is 1. The highest BCUT2D eigenvalue weighted by Gasteiger charge is 2.18. The number of hydrazone groups is 1. The van der Waals surface area contributed by atoms with Crippen molar-refractivity contribution in [3.05, 3.63) is 79.6 Å². The van der Waals surface area contributed by atoms with E-state index in [0.29, 0.717) is 15.6 Å². The summed E-state index contributed by atoms with van der Waals surface area (Å²) in [4.78, 5) is 38.0. The molecule has 0 saturated heterocycles. The van der Waals surface area contributed by atoms with Crippen molar-refractivity contribution in [2.75, 3.05) is 0 Å². The predicted octanol–water partition coefficient (Wildman–Crippen LogP) is 3.71. The molecule has 0 unspecified atom stereocenters. The summed E-state index contributed by atoms with van der Waals surface area (Å²) in [6, 6.07) is 10.9. The second kappa shape index (κ2) is 9.98. The number of carbonyl (C=O) groups is 1. The summed E-state index contributed by atoms with van der Waals surface area (Å²) in [5.74, 6) is -1.21. The number of aromatic nitrogens is 3. The van der Waals surface area contributed by atoms with Gasteiger partial charge in [-0.25, -0.2) is 5.43 Å². The molecular formula is C18H14ClN7O5S. The first-order chi connectivity index (χ1) is 15.2. The summed E-state index contributed by atoms with van der Waals surface area (Å²) in [7, 11) is 0. The quantitative estimate of drug-likeness (QED) is 0.293. The van der Waals surface area contributed by atoms with Crippen LogP contribution in [0.3, 0.4) is 0 Å². The maximum atomic E-state index is 12.7. The van der Waals surface area contributed by atoms with E-state index in [2.05, 4.69) is 20.6 Å². The van der Waals surface area contributed by atoms with E-state index in [1.807, 2.05) is 0 Å². The van der Waals surface area contributed by atoms with Crippen LogP contribution in [0.15, 0.2) is 63.7 Å². The molecule has 0 saturated carbocycles. The van der Waals surface area contributed by atoms with Crippen molar-refractivity contribution in [2.45, 2.75) is 23.3 Å². The first kappa shape index (κ1) is 22.8. The minimum absolute atomic E-state index is 0.0441. The van der Waals surface area contributed by atoms with Crippen LogP contribution < -0.4 is 5.43 Å². The standard InChI is InChI=1S/C18H14ClN7O5S/c1-11(9-24-10-20-18(23-24)26(30)31)21-22-17(27)15-8-13(25(28)29)4-7-16(15)32-14-5-2-12(19)3-6-14/h2-8,10H,9H2,1H3,(H,22,27)/b21-11+. The molecule has 164 valence electrons. The minimum atomic E-state index is -0.729. The van der Waals surface area contributed by atoms with Gasteiger partial charge in [0.05, 0.1) is 22.7 Å². The number of nitro groups is 2. The number of non-ortho nitro benzene ring substituents is 1. The van der Waals surface area contributed by atoms with E-state index in [0.717, 1.165) is 4.90 Å². The summed E-state index contributed by atoms with van der Waals surface area (Å²) in [6.45, 7) is 1.62. The molecular weight excluding hydrogens is 462 g/mol. The number of carbonyl (C=O) groups excluding carboxylic acids is 1. The van der Waals surface area contributed by atoms with E-state index in [9.17, 15) is 25.0 Å². The van der Waals surface area contributed by atoms with E-state index >= 15 is 0 Å². The minimum Gasteiger partial charge on any atom is -0.390 e. The maximum absolute atomic E-state index is 12.7. The second-order valence-corrected chi connectivity index (χ2v) is 7.83. The first-order valence-electron chi connectivity index (χ1n) is 8.82. The normalized spacial score (nSPS) is 11.2. The van der Waals surface area contributed by atoms with Crippen LogP contribution in [0, 0.1) is 20.2 Å². The average Bonchev–Trinajstić information content (AvgIpc) is 3.22. The Morgan fingerprint density at radius 3 is 2.53 bits per heavy atom. The fraction of sp³-hybridized carbons (Fsp3) is 0.111. The Morgan fingerprint density at radius 1 is 1.19 bits per heavy atom. The number of rotatable bonds is 8. The summed E-state index contributed by atoms with van der Waals surface area (Å²) in [6.07, 6.45) is 1.17. The Labute approximate surface area is 189 Å². The Hall–Kier alpha value is -3.84. The molecule has 3 rings (SSSR count). The topological polar surface area (TPSA) is 158 Å². The van der Waals surface area contributed by atoms with Crippen LogP contribution in [-0.4, -0.2) is 36.2 Å². The lowest BCUT2D eigenvalue weighted by molar-refractivity contribution is -0.394. The van der Waals surface area contributed by atoms with Gasteiger partial charge in [0.15, 0.2) is 0 Å². The molecule has 1 heterocycles. The first-order valence-corrected chi connectivity index (χ1v) is 10.0. The van der Waals surface area contributed by atoms with E-state index in [4.69, 9.17) is 11.6 Å². The van der Waals surface area contributed by atoms with Crippen molar-refractivity contribution < 1.29 is 14.6 Å². The monoisotopic (exact) mass is 475 g/mol. The van der Waals surface area contributed by atoms with Gasteiger partial charge in [0, 0.05) is 32.0 Å². The largest absolute Gasteiger partial charge is 0.490 e. The van der Waals surface area contributed by atoms with Crippen LogP contribution in [0.1, 0.15) is 17.3 Å². The maximum Gasteiger partial charge on any atom is 0.490 e. The molecule has 0 fully saturated rings.